The lowest BCUT2D eigenvalue weighted by atomic mass is 10.0. The van der Waals surface area contributed by atoms with Crippen LogP contribution in [0, 0.1) is 20.8 Å². The van der Waals surface area contributed by atoms with Gasteiger partial charge in [0.2, 0.25) is 5.76 Å². The smallest absolute Gasteiger partial charge is 0.290 e. The Kier molecular flexibility index (Phi) is 4.36. The number of amides is 1. The number of thiophene rings is 1. The van der Waals surface area contributed by atoms with Crippen LogP contribution in [0.2, 0.25) is 0 Å². The molecular weight excluding hydrogens is 350 g/mol. The second-order valence-corrected chi connectivity index (χ2v) is 7.93. The van der Waals surface area contributed by atoms with Crippen LogP contribution < -0.4 is 10.2 Å². The molecule has 4 rings (SSSR count). The molecule has 1 N–H and O–H groups in total. The Bertz CT molecular complexity index is 956. The molecule has 0 saturated carbocycles. The fraction of sp³-hybridized carbons (Fsp3) is 0.444. The van der Waals surface area contributed by atoms with E-state index in [-0.39, 0.29) is 17.7 Å². The SMILES string of the molecule is Cc1cc(C(=O)NC2CCN(c3ncnc4sc(C)c(C)c34)CC2)on1. The first-order chi connectivity index (χ1) is 12.5. The molecule has 8 heteroatoms. The molecule has 0 aromatic carbocycles. The van der Waals surface area contributed by atoms with E-state index in [2.05, 4.69) is 39.2 Å². The first-order valence-electron chi connectivity index (χ1n) is 8.72. The lowest BCUT2D eigenvalue weighted by Crippen LogP contribution is -2.45. The van der Waals surface area contributed by atoms with Crippen LogP contribution in [0.25, 0.3) is 10.2 Å². The summed E-state index contributed by atoms with van der Waals surface area (Å²) < 4.78 is 5.03. The Morgan fingerprint density at radius 2 is 2.04 bits per heavy atom. The molecule has 26 heavy (non-hydrogen) atoms. The van der Waals surface area contributed by atoms with E-state index in [1.165, 1.54) is 10.4 Å². The summed E-state index contributed by atoms with van der Waals surface area (Å²) in [4.78, 5) is 25.8. The molecule has 0 aliphatic carbocycles. The highest BCUT2D eigenvalue weighted by atomic mass is 32.1. The van der Waals surface area contributed by atoms with Crippen molar-refractivity contribution in [3.05, 3.63) is 34.3 Å². The number of aryl methyl sites for hydroxylation is 3. The number of hydrogen-bond donors (Lipinski definition) is 1. The van der Waals surface area contributed by atoms with Gasteiger partial charge in [-0.15, -0.1) is 11.3 Å². The van der Waals surface area contributed by atoms with Crippen molar-refractivity contribution in [3.63, 3.8) is 0 Å². The zero-order valence-corrected chi connectivity index (χ0v) is 15.9. The van der Waals surface area contributed by atoms with Crippen LogP contribution >= 0.6 is 11.3 Å². The van der Waals surface area contributed by atoms with Crippen molar-refractivity contribution < 1.29 is 9.32 Å². The molecular formula is C18H21N5O2S. The summed E-state index contributed by atoms with van der Waals surface area (Å²) in [5.74, 6) is 1.08. The minimum absolute atomic E-state index is 0.131. The lowest BCUT2D eigenvalue weighted by molar-refractivity contribution is 0.0893. The van der Waals surface area contributed by atoms with E-state index in [1.54, 1.807) is 30.7 Å². The molecule has 0 spiro atoms. The molecule has 3 aromatic rings. The third kappa shape index (κ3) is 3.05. The summed E-state index contributed by atoms with van der Waals surface area (Å²) in [6.07, 6.45) is 3.38. The number of hydrogen-bond acceptors (Lipinski definition) is 7. The number of aromatic nitrogens is 3. The second kappa shape index (κ2) is 6.68. The zero-order valence-electron chi connectivity index (χ0n) is 15.1. The van der Waals surface area contributed by atoms with Crippen molar-refractivity contribution in [2.75, 3.05) is 18.0 Å². The molecule has 4 heterocycles. The Hall–Kier alpha value is -2.48. The molecule has 1 aliphatic rings. The zero-order chi connectivity index (χ0) is 18.3. The van der Waals surface area contributed by atoms with Gasteiger partial charge in [0.1, 0.15) is 17.0 Å². The average molecular weight is 371 g/mol. The van der Waals surface area contributed by atoms with Crippen LogP contribution in [-0.2, 0) is 0 Å². The Balaban J connectivity index is 1.45. The van der Waals surface area contributed by atoms with Gasteiger partial charge in [0.05, 0.1) is 11.1 Å². The van der Waals surface area contributed by atoms with Gasteiger partial charge in [0, 0.05) is 30.1 Å². The van der Waals surface area contributed by atoms with E-state index in [0.29, 0.717) is 5.69 Å². The molecule has 0 atom stereocenters. The third-order valence-electron chi connectivity index (χ3n) is 4.93. The van der Waals surface area contributed by atoms with Gasteiger partial charge in [0.15, 0.2) is 0 Å². The van der Waals surface area contributed by atoms with Crippen LogP contribution in [-0.4, -0.2) is 40.2 Å². The van der Waals surface area contributed by atoms with Crippen molar-refractivity contribution in [1.29, 1.82) is 0 Å². The number of nitrogens with one attached hydrogen (secondary N) is 1. The van der Waals surface area contributed by atoms with Gasteiger partial charge in [-0.05, 0) is 39.2 Å². The first-order valence-corrected chi connectivity index (χ1v) is 9.54. The van der Waals surface area contributed by atoms with Gasteiger partial charge in [-0.1, -0.05) is 5.16 Å². The molecule has 1 amide bonds. The maximum atomic E-state index is 12.2. The fourth-order valence-corrected chi connectivity index (χ4v) is 4.36. The fourth-order valence-electron chi connectivity index (χ4n) is 3.37. The minimum atomic E-state index is -0.196. The molecule has 0 radical (unpaired) electrons. The van der Waals surface area contributed by atoms with E-state index in [4.69, 9.17) is 4.52 Å². The minimum Gasteiger partial charge on any atom is -0.356 e. The largest absolute Gasteiger partial charge is 0.356 e. The normalized spacial score (nSPS) is 15.6. The number of rotatable bonds is 3. The standard InChI is InChI=1S/C18H21N5O2S/c1-10-8-14(25-22-10)17(24)21-13-4-6-23(7-5-13)16-15-11(2)12(3)26-18(15)20-9-19-16/h8-9,13H,4-7H2,1-3H3,(H,21,24). The summed E-state index contributed by atoms with van der Waals surface area (Å²) >= 11 is 1.71. The second-order valence-electron chi connectivity index (χ2n) is 6.73. The molecule has 1 aliphatic heterocycles. The maximum Gasteiger partial charge on any atom is 0.290 e. The van der Waals surface area contributed by atoms with E-state index < -0.39 is 0 Å². The van der Waals surface area contributed by atoms with Crippen molar-refractivity contribution >= 4 is 33.3 Å². The predicted molar refractivity (Wildman–Crippen MR) is 101 cm³/mol. The van der Waals surface area contributed by atoms with E-state index in [0.717, 1.165) is 42.0 Å². The molecule has 1 fully saturated rings. The maximum absolute atomic E-state index is 12.2. The van der Waals surface area contributed by atoms with Crippen molar-refractivity contribution in [2.24, 2.45) is 0 Å². The average Bonchev–Trinajstić information content (AvgIpc) is 3.19. The monoisotopic (exact) mass is 371 g/mol. The van der Waals surface area contributed by atoms with Gasteiger partial charge in [0.25, 0.3) is 5.91 Å². The van der Waals surface area contributed by atoms with Crippen LogP contribution in [0.4, 0.5) is 5.82 Å². The van der Waals surface area contributed by atoms with Gasteiger partial charge in [-0.3, -0.25) is 4.79 Å². The van der Waals surface area contributed by atoms with Crippen molar-refractivity contribution in [2.45, 2.75) is 39.7 Å². The number of anilines is 1. The molecule has 1 saturated heterocycles. The van der Waals surface area contributed by atoms with Gasteiger partial charge < -0.3 is 14.7 Å². The third-order valence-corrected chi connectivity index (χ3v) is 6.04. The molecule has 7 nitrogen and oxygen atoms in total. The highest BCUT2D eigenvalue weighted by molar-refractivity contribution is 7.18. The summed E-state index contributed by atoms with van der Waals surface area (Å²) in [5.41, 5.74) is 1.97. The molecule has 0 unspecified atom stereocenters. The summed E-state index contributed by atoms with van der Waals surface area (Å²) in [5, 5.41) is 7.97. The number of nitrogens with zero attached hydrogens (tertiary/aromatic N) is 4. The van der Waals surface area contributed by atoms with E-state index >= 15 is 0 Å². The summed E-state index contributed by atoms with van der Waals surface area (Å²) in [7, 11) is 0. The first kappa shape index (κ1) is 17.0. The number of piperidine rings is 1. The summed E-state index contributed by atoms with van der Waals surface area (Å²) in [6.45, 7) is 7.75. The van der Waals surface area contributed by atoms with Crippen molar-refractivity contribution in [3.8, 4) is 0 Å². The van der Waals surface area contributed by atoms with Crippen LogP contribution in [0.3, 0.4) is 0 Å². The lowest BCUT2D eigenvalue weighted by Gasteiger charge is -2.33. The van der Waals surface area contributed by atoms with Crippen molar-refractivity contribution in [1.82, 2.24) is 20.4 Å². The molecule has 3 aromatic heterocycles. The quantitative estimate of drug-likeness (QED) is 0.762. The molecule has 136 valence electrons. The Morgan fingerprint density at radius 1 is 1.27 bits per heavy atom. The topological polar surface area (TPSA) is 84.2 Å². The van der Waals surface area contributed by atoms with Gasteiger partial charge in [-0.2, -0.15) is 0 Å². The Labute approximate surface area is 155 Å². The van der Waals surface area contributed by atoms with Crippen LogP contribution in [0.15, 0.2) is 16.9 Å². The van der Waals surface area contributed by atoms with E-state index in [9.17, 15) is 4.79 Å². The highest BCUT2D eigenvalue weighted by Crippen LogP contribution is 2.35. The number of carbonyl (C=O) groups is 1. The molecule has 0 bridgehead atoms. The number of carbonyl (C=O) groups excluding carboxylic acids is 1. The van der Waals surface area contributed by atoms with Gasteiger partial charge in [-0.25, -0.2) is 9.97 Å². The number of fused-ring (bicyclic) bond motifs is 1. The van der Waals surface area contributed by atoms with Crippen LogP contribution in [0.5, 0.6) is 0 Å². The predicted octanol–water partition coefficient (Wildman–Crippen LogP) is 3.00. The van der Waals surface area contributed by atoms with Crippen LogP contribution in [0.1, 0.15) is 39.5 Å². The summed E-state index contributed by atoms with van der Waals surface area (Å²) in [6, 6.07) is 1.79. The van der Waals surface area contributed by atoms with E-state index in [1.807, 2.05) is 0 Å². The Morgan fingerprint density at radius 3 is 2.73 bits per heavy atom. The van der Waals surface area contributed by atoms with Gasteiger partial charge >= 0.3 is 0 Å². The highest BCUT2D eigenvalue weighted by Gasteiger charge is 2.25.